The topological polar surface area (TPSA) is 59.8 Å². The van der Waals surface area contributed by atoms with Crippen molar-refractivity contribution in [3.63, 3.8) is 0 Å². The number of benzene rings is 3. The number of fused-ring (bicyclic) bond motifs is 2. The summed E-state index contributed by atoms with van der Waals surface area (Å²) in [5, 5.41) is 0.488. The molecule has 0 fully saturated rings. The Bertz CT molecular complexity index is 1470. The molecule has 0 saturated heterocycles. The average Bonchev–Trinajstić information content (AvgIpc) is 3.19. The summed E-state index contributed by atoms with van der Waals surface area (Å²) in [6.07, 6.45) is 4.12. The van der Waals surface area contributed by atoms with Gasteiger partial charge in [-0.1, -0.05) is 62.6 Å². The zero-order valence-electron chi connectivity index (χ0n) is 21.0. The van der Waals surface area contributed by atoms with Gasteiger partial charge in [0, 0.05) is 5.69 Å². The van der Waals surface area contributed by atoms with Crippen molar-refractivity contribution in [2.45, 2.75) is 52.5 Å². The molecule has 0 saturated carbocycles. The number of rotatable bonds is 8. The number of anilines is 1. The third kappa shape index (κ3) is 4.30. The summed E-state index contributed by atoms with van der Waals surface area (Å²) in [4.78, 5) is 29.3. The van der Waals surface area contributed by atoms with Crippen LogP contribution in [-0.2, 0) is 6.42 Å². The van der Waals surface area contributed by atoms with Gasteiger partial charge in [-0.25, -0.2) is 0 Å². The molecule has 0 bridgehead atoms. The van der Waals surface area contributed by atoms with Gasteiger partial charge in [0.2, 0.25) is 5.76 Å². The lowest BCUT2D eigenvalue weighted by molar-refractivity contribution is 0.0971. The van der Waals surface area contributed by atoms with Gasteiger partial charge in [-0.2, -0.15) is 0 Å². The molecule has 5 nitrogen and oxygen atoms in total. The van der Waals surface area contributed by atoms with Crippen LogP contribution in [0.5, 0.6) is 5.75 Å². The van der Waals surface area contributed by atoms with E-state index in [0.29, 0.717) is 23.1 Å². The molecular formula is C31H31NO4. The Morgan fingerprint density at radius 2 is 1.75 bits per heavy atom. The Kier molecular flexibility index (Phi) is 6.64. The molecule has 1 atom stereocenters. The molecule has 5 rings (SSSR count). The average molecular weight is 482 g/mol. The van der Waals surface area contributed by atoms with Crippen molar-refractivity contribution in [3.05, 3.63) is 105 Å². The van der Waals surface area contributed by atoms with E-state index in [1.165, 1.54) is 5.56 Å². The summed E-state index contributed by atoms with van der Waals surface area (Å²) in [5.74, 6) is 0.523. The maximum absolute atomic E-state index is 13.8. The number of amides is 1. The minimum absolute atomic E-state index is 0.107. The molecule has 184 valence electrons. The molecule has 0 spiro atoms. The predicted molar refractivity (Wildman–Crippen MR) is 143 cm³/mol. The first-order chi connectivity index (χ1) is 17.5. The van der Waals surface area contributed by atoms with Crippen LogP contribution in [0.4, 0.5) is 5.69 Å². The van der Waals surface area contributed by atoms with Gasteiger partial charge in [-0.05, 0) is 67.3 Å². The Hall–Kier alpha value is -3.86. The number of unbranched alkanes of at least 4 members (excludes halogenated alkanes) is 2. The predicted octanol–water partition coefficient (Wildman–Crippen LogP) is 6.98. The highest BCUT2D eigenvalue weighted by molar-refractivity contribution is 6.10. The Balaban J connectivity index is 1.66. The lowest BCUT2D eigenvalue weighted by Crippen LogP contribution is -2.29. The van der Waals surface area contributed by atoms with Crippen molar-refractivity contribution in [3.8, 4) is 5.75 Å². The van der Waals surface area contributed by atoms with Crippen molar-refractivity contribution in [1.29, 1.82) is 0 Å². The third-order valence-electron chi connectivity index (χ3n) is 6.84. The van der Waals surface area contributed by atoms with Gasteiger partial charge < -0.3 is 9.15 Å². The van der Waals surface area contributed by atoms with Crippen LogP contribution in [-0.4, -0.2) is 12.5 Å². The number of aryl methyl sites for hydroxylation is 2. The summed E-state index contributed by atoms with van der Waals surface area (Å²) in [5.41, 5.74) is 4.31. The van der Waals surface area contributed by atoms with Gasteiger partial charge in [0.25, 0.3) is 5.91 Å². The molecule has 5 heteroatoms. The fourth-order valence-corrected chi connectivity index (χ4v) is 4.88. The van der Waals surface area contributed by atoms with Crippen LogP contribution in [0.25, 0.3) is 11.0 Å². The van der Waals surface area contributed by atoms with Crippen molar-refractivity contribution in [2.75, 3.05) is 11.5 Å². The second-order valence-corrected chi connectivity index (χ2v) is 9.40. The van der Waals surface area contributed by atoms with Crippen LogP contribution in [0.3, 0.4) is 0 Å². The van der Waals surface area contributed by atoms with E-state index in [-0.39, 0.29) is 17.1 Å². The largest absolute Gasteiger partial charge is 0.494 e. The van der Waals surface area contributed by atoms with E-state index in [9.17, 15) is 9.59 Å². The van der Waals surface area contributed by atoms with E-state index >= 15 is 0 Å². The molecule has 1 aliphatic rings. The van der Waals surface area contributed by atoms with Crippen molar-refractivity contribution < 1.29 is 13.9 Å². The molecule has 1 amide bonds. The number of carbonyl (C=O) groups excluding carboxylic acids is 1. The first kappa shape index (κ1) is 23.9. The minimum Gasteiger partial charge on any atom is -0.494 e. The fraction of sp³-hybridized carbons (Fsp3) is 0.290. The molecule has 36 heavy (non-hydrogen) atoms. The number of ether oxygens (including phenoxy) is 1. The molecule has 1 aliphatic heterocycles. The highest BCUT2D eigenvalue weighted by Gasteiger charge is 2.43. The smallest absolute Gasteiger partial charge is 0.295 e. The van der Waals surface area contributed by atoms with Gasteiger partial charge >= 0.3 is 0 Å². The molecular weight excluding hydrogens is 450 g/mol. The number of nitrogens with zero attached hydrogens (tertiary/aromatic N) is 1. The quantitative estimate of drug-likeness (QED) is 0.255. The number of carbonyl (C=O) groups is 1. The maximum atomic E-state index is 13.8. The zero-order chi connectivity index (χ0) is 25.2. The highest BCUT2D eigenvalue weighted by atomic mass is 16.5. The van der Waals surface area contributed by atoms with Crippen molar-refractivity contribution in [2.24, 2.45) is 0 Å². The fourth-order valence-electron chi connectivity index (χ4n) is 4.88. The molecule has 1 unspecified atom stereocenters. The summed E-state index contributed by atoms with van der Waals surface area (Å²) >= 11 is 0. The van der Waals surface area contributed by atoms with E-state index in [1.807, 2.05) is 67.6 Å². The second kappa shape index (κ2) is 10.0. The van der Waals surface area contributed by atoms with Gasteiger partial charge in [-0.15, -0.1) is 0 Å². The van der Waals surface area contributed by atoms with Crippen LogP contribution >= 0.6 is 0 Å². The van der Waals surface area contributed by atoms with Crippen LogP contribution < -0.4 is 15.1 Å². The molecule has 1 aromatic heterocycles. The summed E-state index contributed by atoms with van der Waals surface area (Å²) < 4.78 is 12.1. The lowest BCUT2D eigenvalue weighted by atomic mass is 9.97. The molecule has 4 aromatic rings. The van der Waals surface area contributed by atoms with E-state index < -0.39 is 6.04 Å². The molecule has 0 aliphatic carbocycles. The van der Waals surface area contributed by atoms with Crippen molar-refractivity contribution in [1.82, 2.24) is 0 Å². The monoisotopic (exact) mass is 481 g/mol. The highest BCUT2D eigenvalue weighted by Crippen LogP contribution is 2.42. The van der Waals surface area contributed by atoms with Crippen LogP contribution in [0.15, 0.2) is 75.9 Å². The Morgan fingerprint density at radius 1 is 0.944 bits per heavy atom. The lowest BCUT2D eigenvalue weighted by Gasteiger charge is -2.25. The summed E-state index contributed by atoms with van der Waals surface area (Å²) in [7, 11) is 0. The van der Waals surface area contributed by atoms with Crippen LogP contribution in [0.1, 0.15) is 72.0 Å². The van der Waals surface area contributed by atoms with Gasteiger partial charge in [-0.3, -0.25) is 14.5 Å². The van der Waals surface area contributed by atoms with E-state index in [0.717, 1.165) is 48.2 Å². The second-order valence-electron chi connectivity index (χ2n) is 9.40. The zero-order valence-corrected chi connectivity index (χ0v) is 21.0. The van der Waals surface area contributed by atoms with Crippen LogP contribution in [0.2, 0.25) is 0 Å². The van der Waals surface area contributed by atoms with Gasteiger partial charge in [0.05, 0.1) is 23.6 Å². The first-order valence-corrected chi connectivity index (χ1v) is 12.7. The van der Waals surface area contributed by atoms with Crippen LogP contribution in [0, 0.1) is 6.92 Å². The van der Waals surface area contributed by atoms with E-state index in [4.69, 9.17) is 9.15 Å². The summed E-state index contributed by atoms with van der Waals surface area (Å²) in [6, 6.07) is 20.5. The SMILES string of the molecule is CCCCCOc1cccc(C2c3c(oc4ccc(C)cc4c3=O)C(=O)N2c2ccc(CC)cc2)c1. The minimum atomic E-state index is -0.611. The van der Waals surface area contributed by atoms with E-state index in [2.05, 4.69) is 13.8 Å². The molecule has 0 N–H and O–H groups in total. The molecule has 2 heterocycles. The number of hydrogen-bond acceptors (Lipinski definition) is 4. The molecule has 0 radical (unpaired) electrons. The standard InChI is InChI=1S/C31H31NO4/c1-4-6-7-17-35-24-10-8-9-22(19-24)28-27-29(33)25-18-20(3)11-16-26(25)36-30(27)31(34)32(28)23-14-12-21(5-2)13-15-23/h8-16,18-19,28H,4-7,17H2,1-3H3. The Labute approximate surface area is 211 Å². The van der Waals surface area contributed by atoms with Crippen molar-refractivity contribution >= 4 is 22.6 Å². The van der Waals surface area contributed by atoms with Gasteiger partial charge in [0.1, 0.15) is 11.3 Å². The maximum Gasteiger partial charge on any atom is 0.295 e. The normalized spacial score (nSPS) is 14.9. The third-order valence-corrected chi connectivity index (χ3v) is 6.84. The van der Waals surface area contributed by atoms with E-state index in [1.54, 1.807) is 11.0 Å². The number of hydrogen-bond donors (Lipinski definition) is 0. The molecule has 3 aromatic carbocycles. The summed E-state index contributed by atoms with van der Waals surface area (Å²) in [6.45, 7) is 6.83. The first-order valence-electron chi connectivity index (χ1n) is 12.7. The Morgan fingerprint density at radius 3 is 2.50 bits per heavy atom. The van der Waals surface area contributed by atoms with Gasteiger partial charge in [0.15, 0.2) is 5.43 Å².